The van der Waals surface area contributed by atoms with Crippen LogP contribution < -0.4 is 5.32 Å². The van der Waals surface area contributed by atoms with Gasteiger partial charge in [-0.2, -0.15) is 13.2 Å². The van der Waals surface area contributed by atoms with Crippen molar-refractivity contribution >= 4 is 23.2 Å². The SMILES string of the molecule is CC(=O)N[C@H](CC(=O)N(CC(F)(F)F)C1CC1)c1cccs1. The van der Waals surface area contributed by atoms with E-state index in [1.165, 1.54) is 18.3 Å². The summed E-state index contributed by atoms with van der Waals surface area (Å²) in [7, 11) is 0. The predicted octanol–water partition coefficient (Wildman–Crippen LogP) is 2.87. The van der Waals surface area contributed by atoms with Crippen LogP contribution in [0, 0.1) is 0 Å². The predicted molar refractivity (Wildman–Crippen MR) is 76.3 cm³/mol. The van der Waals surface area contributed by atoms with Gasteiger partial charge in [0.15, 0.2) is 0 Å². The smallest absolute Gasteiger partial charge is 0.348 e. The number of carbonyl (C=O) groups excluding carboxylic acids is 2. The molecule has 2 rings (SSSR count). The van der Waals surface area contributed by atoms with Gasteiger partial charge in [0, 0.05) is 17.8 Å². The summed E-state index contributed by atoms with van der Waals surface area (Å²) in [5.41, 5.74) is 0. The van der Waals surface area contributed by atoms with Gasteiger partial charge in [0.25, 0.3) is 0 Å². The molecule has 2 amide bonds. The van der Waals surface area contributed by atoms with Gasteiger partial charge in [0.1, 0.15) is 6.54 Å². The van der Waals surface area contributed by atoms with Crippen LogP contribution in [0.3, 0.4) is 0 Å². The molecule has 4 nitrogen and oxygen atoms in total. The third-order valence-electron chi connectivity index (χ3n) is 3.30. The van der Waals surface area contributed by atoms with Crippen molar-refractivity contribution in [2.45, 2.75) is 44.4 Å². The van der Waals surface area contributed by atoms with E-state index in [4.69, 9.17) is 0 Å². The van der Waals surface area contributed by atoms with Crippen LogP contribution in [0.5, 0.6) is 0 Å². The van der Waals surface area contributed by atoms with E-state index in [1.54, 1.807) is 17.5 Å². The Labute approximate surface area is 130 Å². The quantitative estimate of drug-likeness (QED) is 0.870. The second-order valence-electron chi connectivity index (χ2n) is 5.34. The maximum Gasteiger partial charge on any atom is 0.406 e. The zero-order valence-corrected chi connectivity index (χ0v) is 12.8. The highest BCUT2D eigenvalue weighted by atomic mass is 32.1. The summed E-state index contributed by atoms with van der Waals surface area (Å²) in [5.74, 6) is -0.896. The molecule has 0 radical (unpaired) electrons. The second-order valence-corrected chi connectivity index (χ2v) is 6.32. The van der Waals surface area contributed by atoms with E-state index in [1.807, 2.05) is 0 Å². The molecule has 1 N–H and O–H groups in total. The normalized spacial score (nSPS) is 16.2. The molecule has 22 heavy (non-hydrogen) atoms. The van der Waals surface area contributed by atoms with Crippen LogP contribution in [0.4, 0.5) is 13.2 Å². The summed E-state index contributed by atoms with van der Waals surface area (Å²) in [5, 5.41) is 4.43. The van der Waals surface area contributed by atoms with E-state index in [0.29, 0.717) is 12.8 Å². The summed E-state index contributed by atoms with van der Waals surface area (Å²) in [6, 6.07) is 2.62. The van der Waals surface area contributed by atoms with E-state index in [9.17, 15) is 22.8 Å². The zero-order valence-electron chi connectivity index (χ0n) is 12.0. The Morgan fingerprint density at radius 2 is 2.14 bits per heavy atom. The maximum atomic E-state index is 12.6. The van der Waals surface area contributed by atoms with Gasteiger partial charge in [-0.1, -0.05) is 6.07 Å². The highest BCUT2D eigenvalue weighted by Gasteiger charge is 2.41. The van der Waals surface area contributed by atoms with Crippen LogP contribution in [0.25, 0.3) is 0 Å². The Bertz CT molecular complexity index is 527. The number of amides is 2. The van der Waals surface area contributed by atoms with E-state index < -0.39 is 24.7 Å². The molecule has 0 spiro atoms. The molecule has 122 valence electrons. The lowest BCUT2D eigenvalue weighted by molar-refractivity contribution is -0.162. The first-order valence-corrected chi connectivity index (χ1v) is 7.81. The van der Waals surface area contributed by atoms with Gasteiger partial charge in [-0.25, -0.2) is 0 Å². The van der Waals surface area contributed by atoms with Crippen molar-refractivity contribution in [3.63, 3.8) is 0 Å². The number of thiophene rings is 1. The molecule has 1 aromatic heterocycles. The largest absolute Gasteiger partial charge is 0.406 e. The molecule has 8 heteroatoms. The Balaban J connectivity index is 2.07. The van der Waals surface area contributed by atoms with Crippen LogP contribution in [-0.4, -0.2) is 35.5 Å². The summed E-state index contributed by atoms with van der Waals surface area (Å²) in [6.07, 6.45) is -3.37. The van der Waals surface area contributed by atoms with Crippen molar-refractivity contribution in [3.8, 4) is 0 Å². The number of carbonyl (C=O) groups is 2. The van der Waals surface area contributed by atoms with E-state index in [2.05, 4.69) is 5.32 Å². The molecule has 1 aliphatic carbocycles. The monoisotopic (exact) mass is 334 g/mol. The van der Waals surface area contributed by atoms with Crippen LogP contribution >= 0.6 is 11.3 Å². The molecule has 1 heterocycles. The highest BCUT2D eigenvalue weighted by Crippen LogP contribution is 2.32. The molecule has 1 aromatic rings. The van der Waals surface area contributed by atoms with Crippen molar-refractivity contribution in [1.82, 2.24) is 10.2 Å². The van der Waals surface area contributed by atoms with Crippen LogP contribution in [-0.2, 0) is 9.59 Å². The molecule has 0 saturated heterocycles. The Hall–Kier alpha value is -1.57. The van der Waals surface area contributed by atoms with Crippen LogP contribution in [0.1, 0.15) is 37.1 Å². The maximum absolute atomic E-state index is 12.6. The molecule has 0 bridgehead atoms. The third-order valence-corrected chi connectivity index (χ3v) is 4.29. The topological polar surface area (TPSA) is 49.4 Å². The summed E-state index contributed by atoms with van der Waals surface area (Å²) in [4.78, 5) is 25.2. The van der Waals surface area contributed by atoms with Crippen molar-refractivity contribution in [1.29, 1.82) is 0 Å². The number of alkyl halides is 3. The van der Waals surface area contributed by atoms with Gasteiger partial charge < -0.3 is 10.2 Å². The summed E-state index contributed by atoms with van der Waals surface area (Å²) < 4.78 is 37.8. The first kappa shape index (κ1) is 16.8. The van der Waals surface area contributed by atoms with E-state index in [0.717, 1.165) is 9.78 Å². The second kappa shape index (κ2) is 6.68. The molecule has 0 unspecified atom stereocenters. The fourth-order valence-electron chi connectivity index (χ4n) is 2.25. The molecular weight excluding hydrogens is 317 g/mol. The van der Waals surface area contributed by atoms with Crippen molar-refractivity contribution in [2.24, 2.45) is 0 Å². The third kappa shape index (κ3) is 5.01. The van der Waals surface area contributed by atoms with Gasteiger partial charge in [0.05, 0.1) is 12.5 Å². The molecule has 0 aromatic carbocycles. The molecule has 0 aliphatic heterocycles. The number of nitrogens with one attached hydrogen (secondary N) is 1. The zero-order chi connectivity index (χ0) is 16.3. The van der Waals surface area contributed by atoms with Crippen molar-refractivity contribution in [2.75, 3.05) is 6.54 Å². The lowest BCUT2D eigenvalue weighted by Crippen LogP contribution is -2.42. The minimum atomic E-state index is -4.41. The Kier molecular flexibility index (Phi) is 5.10. The van der Waals surface area contributed by atoms with Crippen molar-refractivity contribution in [3.05, 3.63) is 22.4 Å². The standard InChI is InChI=1S/C14H17F3N2O2S/c1-9(20)18-11(12-3-2-6-22-12)7-13(21)19(10-4-5-10)8-14(15,16)17/h2-3,6,10-11H,4-5,7-8H2,1H3,(H,18,20)/t11-/m1/s1. The van der Waals surface area contributed by atoms with Crippen molar-refractivity contribution < 1.29 is 22.8 Å². The molecule has 1 fully saturated rings. The minimum absolute atomic E-state index is 0.160. The molecule has 1 atom stereocenters. The first-order valence-electron chi connectivity index (χ1n) is 6.93. The van der Waals surface area contributed by atoms with Crippen LogP contribution in [0.15, 0.2) is 17.5 Å². The van der Waals surface area contributed by atoms with Gasteiger partial charge in [-0.05, 0) is 24.3 Å². The minimum Gasteiger partial charge on any atom is -0.348 e. The van der Waals surface area contributed by atoms with E-state index in [-0.39, 0.29) is 18.4 Å². The number of nitrogens with zero attached hydrogens (tertiary/aromatic N) is 1. The molecule has 1 saturated carbocycles. The number of hydrogen-bond donors (Lipinski definition) is 1. The van der Waals surface area contributed by atoms with Crippen LogP contribution in [0.2, 0.25) is 0 Å². The summed E-state index contributed by atoms with van der Waals surface area (Å²) >= 11 is 1.36. The lowest BCUT2D eigenvalue weighted by atomic mass is 10.1. The number of hydrogen-bond acceptors (Lipinski definition) is 3. The fourth-order valence-corrected chi connectivity index (χ4v) is 3.03. The summed E-state index contributed by atoms with van der Waals surface area (Å²) in [6.45, 7) is 0.0905. The highest BCUT2D eigenvalue weighted by molar-refractivity contribution is 7.10. The van der Waals surface area contributed by atoms with Gasteiger partial charge in [0.2, 0.25) is 11.8 Å². The Morgan fingerprint density at radius 3 is 2.59 bits per heavy atom. The number of rotatable bonds is 6. The van der Waals surface area contributed by atoms with Gasteiger partial charge in [-0.3, -0.25) is 9.59 Å². The first-order chi connectivity index (χ1) is 10.3. The molecule has 1 aliphatic rings. The lowest BCUT2D eigenvalue weighted by Gasteiger charge is -2.26. The van der Waals surface area contributed by atoms with Gasteiger partial charge >= 0.3 is 6.18 Å². The average molecular weight is 334 g/mol. The molecular formula is C14H17F3N2O2S. The fraction of sp³-hybridized carbons (Fsp3) is 0.571. The average Bonchev–Trinajstić information content (AvgIpc) is 3.07. The van der Waals surface area contributed by atoms with E-state index >= 15 is 0 Å². The van der Waals surface area contributed by atoms with Gasteiger partial charge in [-0.15, -0.1) is 11.3 Å². The Morgan fingerprint density at radius 1 is 1.45 bits per heavy atom. The number of halogens is 3.